The van der Waals surface area contributed by atoms with E-state index in [9.17, 15) is 4.79 Å². The molecule has 2 aliphatic heterocycles. The lowest BCUT2D eigenvalue weighted by Crippen LogP contribution is -2.46. The minimum absolute atomic E-state index is 0.117. The van der Waals surface area contributed by atoms with E-state index < -0.39 is 0 Å². The number of nitrogens with zero attached hydrogens (tertiary/aromatic N) is 2. The van der Waals surface area contributed by atoms with Gasteiger partial charge >= 0.3 is 0 Å². The molecule has 0 aromatic carbocycles. The molecule has 3 aromatic rings. The van der Waals surface area contributed by atoms with E-state index in [1.54, 1.807) is 12.3 Å². The van der Waals surface area contributed by atoms with Crippen molar-refractivity contribution in [1.29, 1.82) is 0 Å². The summed E-state index contributed by atoms with van der Waals surface area (Å²) in [5.74, 6) is 1.80. The molecule has 4 nitrogen and oxygen atoms in total. The predicted molar refractivity (Wildman–Crippen MR) is 98.8 cm³/mol. The molecular weight excluding hydrogens is 332 g/mol. The fraction of sp³-hybridized carbons (Fsp3) is 0.350. The van der Waals surface area contributed by atoms with Crippen LogP contribution < -0.4 is 5.56 Å². The van der Waals surface area contributed by atoms with E-state index in [4.69, 9.17) is 4.42 Å². The molecular formula is C20H20N2O2S. The van der Waals surface area contributed by atoms with Gasteiger partial charge in [0.15, 0.2) is 0 Å². The highest BCUT2D eigenvalue weighted by Crippen LogP contribution is 2.40. The molecule has 2 aliphatic rings. The number of rotatable bonds is 3. The van der Waals surface area contributed by atoms with Crippen LogP contribution in [0.2, 0.25) is 0 Å². The maximum absolute atomic E-state index is 12.5. The van der Waals surface area contributed by atoms with E-state index in [2.05, 4.69) is 22.4 Å². The zero-order valence-corrected chi connectivity index (χ0v) is 14.7. The van der Waals surface area contributed by atoms with Crippen LogP contribution in [0.3, 0.4) is 0 Å². The third kappa shape index (κ3) is 2.68. The van der Waals surface area contributed by atoms with Crippen LogP contribution in [0.25, 0.3) is 11.3 Å². The average Bonchev–Trinajstić information content (AvgIpc) is 3.29. The van der Waals surface area contributed by atoms with Gasteiger partial charge in [0.2, 0.25) is 0 Å². The number of piperidine rings is 1. The molecule has 0 aliphatic carbocycles. The lowest BCUT2D eigenvalue weighted by atomic mass is 9.81. The standard InChI is InChI=1S/C20H20N2O2S/c23-19-6-5-17(18-4-1-7-24-18)20-15-9-14(11-22(19)20)10-21(12-15)13-16-3-2-8-25-16/h1-8,14-15H,9-13H2/t14-,15+/m0/s1. The van der Waals surface area contributed by atoms with Gasteiger partial charge in [-0.05, 0) is 42.0 Å². The Bertz CT molecular complexity index is 927. The zero-order chi connectivity index (χ0) is 16.8. The van der Waals surface area contributed by atoms with Crippen LogP contribution in [-0.2, 0) is 13.1 Å². The highest BCUT2D eigenvalue weighted by Gasteiger charge is 2.36. The van der Waals surface area contributed by atoms with E-state index in [0.717, 1.165) is 49.6 Å². The van der Waals surface area contributed by atoms with Crippen molar-refractivity contribution in [3.8, 4) is 11.3 Å². The summed E-state index contributed by atoms with van der Waals surface area (Å²) in [6.45, 7) is 3.91. The maximum atomic E-state index is 12.5. The highest BCUT2D eigenvalue weighted by molar-refractivity contribution is 7.09. The van der Waals surface area contributed by atoms with Crippen LogP contribution in [0.4, 0.5) is 0 Å². The quantitative estimate of drug-likeness (QED) is 0.720. The van der Waals surface area contributed by atoms with Gasteiger partial charge in [0.05, 0.1) is 6.26 Å². The van der Waals surface area contributed by atoms with Gasteiger partial charge in [0, 0.05) is 54.3 Å². The molecule has 0 N–H and O–H groups in total. The highest BCUT2D eigenvalue weighted by atomic mass is 32.1. The first-order valence-electron chi connectivity index (χ1n) is 8.80. The smallest absolute Gasteiger partial charge is 0.250 e. The first-order chi connectivity index (χ1) is 12.3. The van der Waals surface area contributed by atoms with Crippen LogP contribution >= 0.6 is 11.3 Å². The minimum Gasteiger partial charge on any atom is -0.464 e. The summed E-state index contributed by atoms with van der Waals surface area (Å²) in [5.41, 5.74) is 2.35. The van der Waals surface area contributed by atoms with Crippen molar-refractivity contribution in [2.24, 2.45) is 5.92 Å². The maximum Gasteiger partial charge on any atom is 0.250 e. The lowest BCUT2D eigenvalue weighted by molar-refractivity contribution is 0.115. The number of likely N-dealkylation sites (tertiary alicyclic amines) is 1. The van der Waals surface area contributed by atoms with Crippen LogP contribution in [0, 0.1) is 5.92 Å². The molecule has 5 rings (SSSR count). The number of furan rings is 1. The molecule has 3 aromatic heterocycles. The topological polar surface area (TPSA) is 38.4 Å². The van der Waals surface area contributed by atoms with E-state index in [1.807, 2.05) is 34.1 Å². The van der Waals surface area contributed by atoms with Gasteiger partial charge in [-0.25, -0.2) is 0 Å². The molecule has 0 saturated carbocycles. The number of pyridine rings is 1. The summed E-state index contributed by atoms with van der Waals surface area (Å²) in [7, 11) is 0. The Labute approximate surface area is 150 Å². The van der Waals surface area contributed by atoms with Crippen LogP contribution in [0.1, 0.15) is 22.9 Å². The molecule has 5 heterocycles. The van der Waals surface area contributed by atoms with E-state index >= 15 is 0 Å². The Balaban J connectivity index is 1.53. The fourth-order valence-electron chi connectivity index (χ4n) is 4.51. The van der Waals surface area contributed by atoms with Crippen LogP contribution in [-0.4, -0.2) is 22.6 Å². The van der Waals surface area contributed by atoms with Gasteiger partial charge in [0.1, 0.15) is 5.76 Å². The molecule has 128 valence electrons. The molecule has 0 spiro atoms. The number of fused-ring (bicyclic) bond motifs is 4. The van der Waals surface area contributed by atoms with Crippen molar-refractivity contribution in [2.45, 2.75) is 25.4 Å². The Morgan fingerprint density at radius 2 is 2.08 bits per heavy atom. The lowest BCUT2D eigenvalue weighted by Gasteiger charge is -2.43. The minimum atomic E-state index is 0.117. The van der Waals surface area contributed by atoms with Gasteiger partial charge in [-0.1, -0.05) is 6.07 Å². The third-order valence-corrected chi connectivity index (χ3v) is 6.27. The van der Waals surface area contributed by atoms with Gasteiger partial charge in [-0.3, -0.25) is 9.69 Å². The van der Waals surface area contributed by atoms with Crippen molar-refractivity contribution < 1.29 is 4.42 Å². The zero-order valence-electron chi connectivity index (χ0n) is 13.9. The van der Waals surface area contributed by atoms with Crippen molar-refractivity contribution in [3.05, 3.63) is 69.0 Å². The summed E-state index contributed by atoms with van der Waals surface area (Å²) in [6.07, 6.45) is 2.87. The molecule has 2 bridgehead atoms. The Morgan fingerprint density at radius 3 is 2.88 bits per heavy atom. The third-order valence-electron chi connectivity index (χ3n) is 5.41. The van der Waals surface area contributed by atoms with Crippen LogP contribution in [0.5, 0.6) is 0 Å². The SMILES string of the molecule is O=c1ccc(-c2ccco2)c2n1C[C@H]1C[C@@H]2CN(Cc2cccs2)C1. The van der Waals surface area contributed by atoms with Crippen molar-refractivity contribution in [1.82, 2.24) is 9.47 Å². The molecule has 0 unspecified atom stereocenters. The first kappa shape index (κ1) is 15.2. The summed E-state index contributed by atoms with van der Waals surface area (Å²) >= 11 is 1.82. The second-order valence-corrected chi connectivity index (χ2v) is 8.16. The monoisotopic (exact) mass is 352 g/mol. The fourth-order valence-corrected chi connectivity index (χ4v) is 5.25. The molecule has 25 heavy (non-hydrogen) atoms. The van der Waals surface area contributed by atoms with E-state index in [-0.39, 0.29) is 5.56 Å². The Morgan fingerprint density at radius 1 is 1.12 bits per heavy atom. The van der Waals surface area contributed by atoms with Crippen molar-refractivity contribution in [2.75, 3.05) is 13.1 Å². The average molecular weight is 352 g/mol. The number of hydrogen-bond donors (Lipinski definition) is 0. The number of hydrogen-bond acceptors (Lipinski definition) is 4. The van der Waals surface area contributed by atoms with Crippen LogP contribution in [0.15, 0.2) is 57.3 Å². The Kier molecular flexibility index (Phi) is 3.64. The molecule has 1 fully saturated rings. The molecule has 5 heteroatoms. The summed E-state index contributed by atoms with van der Waals surface area (Å²) in [5, 5.41) is 2.14. The number of aromatic nitrogens is 1. The van der Waals surface area contributed by atoms with Gasteiger partial charge in [-0.2, -0.15) is 0 Å². The molecule has 2 atom stereocenters. The second kappa shape index (κ2) is 6.00. The van der Waals surface area contributed by atoms with Crippen molar-refractivity contribution in [3.63, 3.8) is 0 Å². The Hall–Kier alpha value is -2.11. The largest absolute Gasteiger partial charge is 0.464 e. The summed E-state index contributed by atoms with van der Waals surface area (Å²) < 4.78 is 7.65. The summed E-state index contributed by atoms with van der Waals surface area (Å²) in [6, 6.07) is 11.8. The number of thiophene rings is 1. The first-order valence-corrected chi connectivity index (χ1v) is 9.68. The molecule has 0 amide bonds. The second-order valence-electron chi connectivity index (χ2n) is 7.13. The van der Waals surface area contributed by atoms with Crippen molar-refractivity contribution >= 4 is 11.3 Å². The van der Waals surface area contributed by atoms with E-state index in [1.165, 1.54) is 4.88 Å². The molecule has 1 saturated heterocycles. The van der Waals surface area contributed by atoms with Gasteiger partial charge in [0.25, 0.3) is 5.56 Å². The van der Waals surface area contributed by atoms with E-state index in [0.29, 0.717) is 11.8 Å². The normalized spacial score (nSPS) is 22.7. The van der Waals surface area contributed by atoms with Gasteiger partial charge < -0.3 is 8.98 Å². The summed E-state index contributed by atoms with van der Waals surface area (Å²) in [4.78, 5) is 16.4. The predicted octanol–water partition coefficient (Wildman–Crippen LogP) is 3.79. The van der Waals surface area contributed by atoms with Gasteiger partial charge in [-0.15, -0.1) is 11.3 Å². The molecule has 0 radical (unpaired) electrons.